The highest BCUT2D eigenvalue weighted by atomic mass is 31.2. The van der Waals surface area contributed by atoms with Crippen molar-refractivity contribution in [1.82, 2.24) is 5.32 Å². The number of allylic oxidation sites excluding steroid dienone is 13. The molecule has 0 fully saturated rings. The van der Waals surface area contributed by atoms with Crippen molar-refractivity contribution in [3.8, 4) is 0 Å². The van der Waals surface area contributed by atoms with E-state index < -0.39 is 20.0 Å². The van der Waals surface area contributed by atoms with Gasteiger partial charge in [-0.05, 0) is 77.0 Å². The summed E-state index contributed by atoms with van der Waals surface area (Å²) in [6.07, 6.45) is 62.5. The van der Waals surface area contributed by atoms with Crippen LogP contribution < -0.4 is 5.32 Å². The Balaban J connectivity index is 4.15. The summed E-state index contributed by atoms with van der Waals surface area (Å²) in [7, 11) is 1.54. The zero-order valence-electron chi connectivity index (χ0n) is 41.3. The molecule has 3 N–H and O–H groups in total. The van der Waals surface area contributed by atoms with Crippen molar-refractivity contribution in [2.24, 2.45) is 0 Å². The van der Waals surface area contributed by atoms with E-state index in [2.05, 4.69) is 92.1 Å². The first-order chi connectivity index (χ1) is 30.5. The number of hydrogen-bond acceptors (Lipinski definition) is 5. The molecule has 0 aromatic rings. The third kappa shape index (κ3) is 47.5. The van der Waals surface area contributed by atoms with E-state index in [1.165, 1.54) is 103 Å². The molecule has 3 atom stereocenters. The highest BCUT2D eigenvalue weighted by Crippen LogP contribution is 2.43. The fourth-order valence-corrected chi connectivity index (χ4v) is 7.55. The number of nitrogens with zero attached hydrogens (tertiary/aromatic N) is 1. The van der Waals surface area contributed by atoms with Crippen LogP contribution >= 0.6 is 7.82 Å². The fraction of sp³-hybridized carbons (Fsp3) is 0.722. The number of likely N-dealkylation sites (N-methyl/N-ethyl adjacent to an activating group) is 1. The second-order valence-electron chi connectivity index (χ2n) is 18.1. The van der Waals surface area contributed by atoms with E-state index >= 15 is 0 Å². The summed E-state index contributed by atoms with van der Waals surface area (Å²) in [6, 6.07) is -0.872. The van der Waals surface area contributed by atoms with Crippen molar-refractivity contribution >= 4 is 13.7 Å². The molecule has 1 amide bonds. The quantitative estimate of drug-likeness (QED) is 0.0243. The van der Waals surface area contributed by atoms with Crippen LogP contribution in [0.1, 0.15) is 200 Å². The molecule has 63 heavy (non-hydrogen) atoms. The van der Waals surface area contributed by atoms with Crippen LogP contribution in [0.5, 0.6) is 0 Å². The smallest absolute Gasteiger partial charge is 0.387 e. The number of carbonyl (C=O) groups is 1. The van der Waals surface area contributed by atoms with Gasteiger partial charge in [0, 0.05) is 6.42 Å². The van der Waals surface area contributed by atoms with Gasteiger partial charge in [-0.1, -0.05) is 202 Å². The van der Waals surface area contributed by atoms with E-state index in [1.54, 1.807) is 6.08 Å². The van der Waals surface area contributed by atoms with Gasteiger partial charge >= 0.3 is 7.82 Å². The van der Waals surface area contributed by atoms with Gasteiger partial charge in [-0.3, -0.25) is 13.8 Å². The Hall–Kier alpha value is -2.32. The summed E-state index contributed by atoms with van der Waals surface area (Å²) < 4.78 is 23.6. The van der Waals surface area contributed by atoms with Gasteiger partial charge < -0.3 is 19.8 Å². The predicted octanol–water partition coefficient (Wildman–Crippen LogP) is 14.9. The Kier molecular flexibility index (Phi) is 43.2. The fourth-order valence-electron chi connectivity index (χ4n) is 6.81. The van der Waals surface area contributed by atoms with E-state index in [-0.39, 0.29) is 19.1 Å². The zero-order valence-corrected chi connectivity index (χ0v) is 42.2. The first-order valence-electron chi connectivity index (χ1n) is 25.5. The number of amides is 1. The van der Waals surface area contributed by atoms with Crippen molar-refractivity contribution < 1.29 is 32.9 Å². The average Bonchev–Trinajstić information content (AvgIpc) is 3.24. The molecule has 0 aliphatic rings. The van der Waals surface area contributed by atoms with E-state index in [9.17, 15) is 19.4 Å². The molecular weight excluding hydrogens is 804 g/mol. The van der Waals surface area contributed by atoms with Gasteiger partial charge in [-0.2, -0.15) is 0 Å². The Bertz CT molecular complexity index is 1300. The molecule has 0 spiro atoms. The number of quaternary nitrogens is 1. The molecule has 0 rings (SSSR count). The molecule has 0 aliphatic carbocycles. The Morgan fingerprint density at radius 3 is 1.46 bits per heavy atom. The summed E-state index contributed by atoms with van der Waals surface area (Å²) in [5.74, 6) is -0.195. The topological polar surface area (TPSA) is 105 Å². The SMILES string of the molecule is CC/C=C\C/C=C\C/C=C\C/C=C\CCCCCCCCCCCCCCCCCCC(=O)NC(COP(=O)(O)OCC[N+](C)(C)C)C(O)/C=C/CC/C=C/CC/C=C/CCCC. The molecule has 3 unspecified atom stereocenters. The number of nitrogens with one attached hydrogen (secondary N) is 1. The molecule has 0 aliphatic heterocycles. The van der Waals surface area contributed by atoms with Crippen molar-refractivity contribution in [3.05, 3.63) is 85.1 Å². The van der Waals surface area contributed by atoms with E-state index in [0.29, 0.717) is 17.4 Å². The van der Waals surface area contributed by atoms with Crippen LogP contribution in [0.15, 0.2) is 85.1 Å². The van der Waals surface area contributed by atoms with E-state index in [0.717, 1.165) is 77.0 Å². The number of aliphatic hydroxyl groups excluding tert-OH is 1. The molecule has 8 nitrogen and oxygen atoms in total. The first-order valence-corrected chi connectivity index (χ1v) is 27.0. The van der Waals surface area contributed by atoms with Gasteiger partial charge in [0.05, 0.1) is 39.9 Å². The number of hydrogen-bond donors (Lipinski definition) is 3. The third-order valence-electron chi connectivity index (χ3n) is 10.8. The van der Waals surface area contributed by atoms with Crippen LogP contribution in [0.4, 0.5) is 0 Å². The van der Waals surface area contributed by atoms with Crippen molar-refractivity contribution in [2.75, 3.05) is 40.9 Å². The summed E-state index contributed by atoms with van der Waals surface area (Å²) >= 11 is 0. The monoisotopic (exact) mass is 902 g/mol. The molecule has 0 aromatic heterocycles. The zero-order chi connectivity index (χ0) is 46.4. The van der Waals surface area contributed by atoms with Crippen LogP contribution in [0.2, 0.25) is 0 Å². The van der Waals surface area contributed by atoms with Gasteiger partial charge in [0.15, 0.2) is 0 Å². The lowest BCUT2D eigenvalue weighted by Crippen LogP contribution is -2.45. The maximum Gasteiger partial charge on any atom is 0.472 e. The lowest BCUT2D eigenvalue weighted by Gasteiger charge is -2.25. The largest absolute Gasteiger partial charge is 0.472 e. The maximum atomic E-state index is 12.9. The molecular formula is C54H98N2O6P+. The lowest BCUT2D eigenvalue weighted by molar-refractivity contribution is -0.870. The summed E-state index contributed by atoms with van der Waals surface area (Å²) in [4.78, 5) is 23.2. The van der Waals surface area contributed by atoms with Crippen molar-refractivity contribution in [1.29, 1.82) is 0 Å². The van der Waals surface area contributed by atoms with Crippen LogP contribution in [-0.2, 0) is 18.4 Å². The van der Waals surface area contributed by atoms with Crippen LogP contribution in [0.25, 0.3) is 0 Å². The molecule has 0 saturated heterocycles. The number of carbonyl (C=O) groups excluding carboxylic acids is 1. The molecule has 0 bridgehead atoms. The van der Waals surface area contributed by atoms with E-state index in [1.807, 2.05) is 27.2 Å². The van der Waals surface area contributed by atoms with E-state index in [4.69, 9.17) is 9.05 Å². The first kappa shape index (κ1) is 60.7. The van der Waals surface area contributed by atoms with Gasteiger partial charge in [0.2, 0.25) is 5.91 Å². The number of aliphatic hydroxyl groups is 1. The Morgan fingerprint density at radius 1 is 0.556 bits per heavy atom. The van der Waals surface area contributed by atoms with Crippen LogP contribution in [0.3, 0.4) is 0 Å². The highest BCUT2D eigenvalue weighted by molar-refractivity contribution is 7.47. The van der Waals surface area contributed by atoms with Crippen molar-refractivity contribution in [3.63, 3.8) is 0 Å². The lowest BCUT2D eigenvalue weighted by atomic mass is 10.0. The molecule has 364 valence electrons. The average molecular weight is 902 g/mol. The summed E-state index contributed by atoms with van der Waals surface area (Å²) in [5.41, 5.74) is 0. The normalized spacial score (nSPS) is 14.8. The molecule has 0 radical (unpaired) electrons. The van der Waals surface area contributed by atoms with Crippen LogP contribution in [0, 0.1) is 0 Å². The Labute approximate surface area is 388 Å². The minimum atomic E-state index is -4.35. The molecule has 9 heteroatoms. The summed E-state index contributed by atoms with van der Waals surface area (Å²) in [5, 5.41) is 13.8. The van der Waals surface area contributed by atoms with Gasteiger partial charge in [-0.15, -0.1) is 0 Å². The predicted molar refractivity (Wildman–Crippen MR) is 272 cm³/mol. The highest BCUT2D eigenvalue weighted by Gasteiger charge is 2.27. The van der Waals surface area contributed by atoms with Gasteiger partial charge in [-0.25, -0.2) is 4.57 Å². The number of phosphoric acid groups is 1. The minimum absolute atomic E-state index is 0.0506. The minimum Gasteiger partial charge on any atom is -0.387 e. The van der Waals surface area contributed by atoms with Gasteiger partial charge in [0.1, 0.15) is 13.2 Å². The molecule has 0 saturated carbocycles. The standard InChI is InChI=1S/C54H97N2O6P/c1-6-8-10-12-14-16-18-20-21-22-23-24-25-26-27-28-29-30-31-32-33-34-35-36-38-40-42-44-46-48-54(58)55-52(51-62-63(59,60)61-50-49-56(3,4)5)53(57)47-45-43-41-39-37-19-17-15-13-11-9-7-2/h8,10,13-16,20-21,23-24,37,39,45,47,52-53,57H,6-7,9,11-12,17-19,22,25-36,38,40-44,46,48-51H2,1-5H3,(H-,55,58,59,60)/p+1/b10-8-,15-13+,16-14-,21-20-,24-23-,39-37+,47-45+. The second-order valence-corrected chi connectivity index (χ2v) is 19.6. The maximum absolute atomic E-state index is 12.9. The molecule has 0 heterocycles. The second kappa shape index (κ2) is 44.9. The Morgan fingerprint density at radius 2 is 0.968 bits per heavy atom. The summed E-state index contributed by atoms with van der Waals surface area (Å²) in [6.45, 7) is 4.61. The van der Waals surface area contributed by atoms with Gasteiger partial charge in [0.25, 0.3) is 0 Å². The number of rotatable bonds is 45. The number of phosphoric ester groups is 1. The number of unbranched alkanes of at least 4 members (excludes halogenated alkanes) is 20. The van der Waals surface area contributed by atoms with Crippen LogP contribution in [-0.4, -0.2) is 73.4 Å². The van der Waals surface area contributed by atoms with Crippen molar-refractivity contribution in [2.45, 2.75) is 212 Å². The molecule has 0 aromatic carbocycles. The third-order valence-corrected chi connectivity index (χ3v) is 11.8.